The van der Waals surface area contributed by atoms with Gasteiger partial charge >= 0.3 is 0 Å². The summed E-state index contributed by atoms with van der Waals surface area (Å²) < 4.78 is 6.76. The van der Waals surface area contributed by atoms with Crippen LogP contribution in [0.1, 0.15) is 15.9 Å². The highest BCUT2D eigenvalue weighted by Gasteiger charge is 2.05. The maximum absolute atomic E-state index is 11.0. The van der Waals surface area contributed by atoms with E-state index in [0.717, 1.165) is 14.9 Å². The third-order valence-electron chi connectivity index (χ3n) is 2.62. The van der Waals surface area contributed by atoms with Crippen LogP contribution >= 0.6 is 22.6 Å². The van der Waals surface area contributed by atoms with Gasteiger partial charge in [0.1, 0.15) is 12.4 Å². The van der Waals surface area contributed by atoms with Gasteiger partial charge in [-0.3, -0.25) is 4.79 Å². The largest absolute Gasteiger partial charge is 0.489 e. The Morgan fingerprint density at radius 1 is 1.21 bits per heavy atom. The van der Waals surface area contributed by atoms with Crippen LogP contribution in [0.5, 0.6) is 5.75 Å². The fourth-order valence-corrected chi connectivity index (χ4v) is 2.11. The second-order valence-electron chi connectivity index (χ2n) is 4.02. The summed E-state index contributed by atoms with van der Waals surface area (Å²) in [5, 5.41) is 0. The van der Waals surface area contributed by atoms with E-state index in [9.17, 15) is 4.79 Å². The molecule has 0 aliphatic rings. The lowest BCUT2D eigenvalue weighted by molar-refractivity contribution is 0.100. The number of halogens is 1. The van der Waals surface area contributed by atoms with Crippen LogP contribution in [0.15, 0.2) is 42.5 Å². The second-order valence-corrected chi connectivity index (χ2v) is 5.27. The van der Waals surface area contributed by atoms with Crippen LogP contribution in [-0.2, 0) is 6.61 Å². The molecule has 2 aromatic rings. The van der Waals surface area contributed by atoms with Gasteiger partial charge in [-0.05, 0) is 52.9 Å². The molecular weight excluding hydrogens is 355 g/mol. The zero-order valence-electron chi connectivity index (χ0n) is 10.1. The quantitative estimate of drug-likeness (QED) is 0.643. The Bertz CT molecular complexity index is 614. The highest BCUT2D eigenvalue weighted by molar-refractivity contribution is 14.1. The number of nitrogens with two attached hydrogens (primary N) is 2. The first-order valence-corrected chi connectivity index (χ1v) is 6.70. The number of ether oxygens (including phenoxy) is 1. The van der Waals surface area contributed by atoms with Gasteiger partial charge in [0.05, 0.1) is 0 Å². The van der Waals surface area contributed by atoms with Crippen LogP contribution in [0.2, 0.25) is 0 Å². The van der Waals surface area contributed by atoms with Gasteiger partial charge in [0, 0.05) is 20.4 Å². The number of benzene rings is 2. The average molecular weight is 368 g/mol. The number of hydrogen-bond acceptors (Lipinski definition) is 3. The number of anilines is 1. The van der Waals surface area contributed by atoms with Crippen LogP contribution in [0, 0.1) is 3.57 Å². The first-order valence-electron chi connectivity index (χ1n) is 5.63. The molecule has 0 aliphatic heterocycles. The van der Waals surface area contributed by atoms with Crippen LogP contribution in [0.3, 0.4) is 0 Å². The highest BCUT2D eigenvalue weighted by Crippen LogP contribution is 2.19. The average Bonchev–Trinajstić information content (AvgIpc) is 2.37. The van der Waals surface area contributed by atoms with Crippen molar-refractivity contribution in [1.82, 2.24) is 0 Å². The monoisotopic (exact) mass is 368 g/mol. The lowest BCUT2D eigenvalue weighted by atomic mass is 10.1. The molecule has 98 valence electrons. The van der Waals surface area contributed by atoms with E-state index in [2.05, 4.69) is 22.6 Å². The molecule has 0 aliphatic carbocycles. The predicted octanol–water partition coefficient (Wildman–Crippen LogP) is 2.55. The first kappa shape index (κ1) is 13.7. The molecule has 0 aromatic heterocycles. The SMILES string of the molecule is NC(=O)c1ccc(COc2cccc(I)c2)c(N)c1. The summed E-state index contributed by atoms with van der Waals surface area (Å²) in [6.45, 7) is 0.352. The Balaban J connectivity index is 2.10. The molecule has 0 atom stereocenters. The molecule has 2 rings (SSSR count). The molecule has 19 heavy (non-hydrogen) atoms. The minimum atomic E-state index is -0.489. The van der Waals surface area contributed by atoms with Crippen molar-refractivity contribution >= 4 is 34.2 Å². The molecule has 0 saturated carbocycles. The van der Waals surface area contributed by atoms with Crippen molar-refractivity contribution in [2.45, 2.75) is 6.61 Å². The van der Waals surface area contributed by atoms with Crippen LogP contribution in [-0.4, -0.2) is 5.91 Å². The zero-order chi connectivity index (χ0) is 13.8. The van der Waals surface area contributed by atoms with E-state index in [4.69, 9.17) is 16.2 Å². The number of carbonyl (C=O) groups is 1. The standard InChI is InChI=1S/C14H13IN2O2/c15-11-2-1-3-12(7-11)19-8-10-5-4-9(14(17)18)6-13(10)16/h1-7H,8,16H2,(H2,17,18). The van der Waals surface area contributed by atoms with E-state index < -0.39 is 5.91 Å². The normalized spacial score (nSPS) is 10.2. The molecule has 0 unspecified atom stereocenters. The number of rotatable bonds is 4. The van der Waals surface area contributed by atoms with Gasteiger partial charge in [0.2, 0.25) is 5.91 Å². The van der Waals surface area contributed by atoms with Gasteiger partial charge in [0.25, 0.3) is 0 Å². The van der Waals surface area contributed by atoms with Gasteiger partial charge in [-0.2, -0.15) is 0 Å². The van der Waals surface area contributed by atoms with Crippen molar-refractivity contribution in [1.29, 1.82) is 0 Å². The molecule has 5 heteroatoms. The Labute approximate surface area is 124 Å². The maximum Gasteiger partial charge on any atom is 0.248 e. The smallest absolute Gasteiger partial charge is 0.248 e. The zero-order valence-corrected chi connectivity index (χ0v) is 12.3. The molecule has 4 nitrogen and oxygen atoms in total. The lowest BCUT2D eigenvalue weighted by Crippen LogP contribution is -2.12. The van der Waals surface area contributed by atoms with Gasteiger partial charge in [-0.15, -0.1) is 0 Å². The molecule has 1 amide bonds. The van der Waals surface area contributed by atoms with E-state index in [1.807, 2.05) is 24.3 Å². The Hall–Kier alpha value is -1.76. The van der Waals surface area contributed by atoms with Crippen molar-refractivity contribution in [3.63, 3.8) is 0 Å². The Kier molecular flexibility index (Phi) is 4.26. The van der Waals surface area contributed by atoms with Crippen molar-refractivity contribution in [2.75, 3.05) is 5.73 Å². The number of primary amides is 1. The minimum absolute atomic E-state index is 0.352. The van der Waals surface area contributed by atoms with Crippen molar-refractivity contribution < 1.29 is 9.53 Å². The molecule has 0 fully saturated rings. The summed E-state index contributed by atoms with van der Waals surface area (Å²) in [6.07, 6.45) is 0. The highest BCUT2D eigenvalue weighted by atomic mass is 127. The van der Waals surface area contributed by atoms with Crippen molar-refractivity contribution in [3.8, 4) is 5.75 Å². The molecule has 0 bridgehead atoms. The fourth-order valence-electron chi connectivity index (χ4n) is 1.60. The van der Waals surface area contributed by atoms with Crippen LogP contribution < -0.4 is 16.2 Å². The molecule has 2 aromatic carbocycles. The molecular formula is C14H13IN2O2. The molecule has 0 saturated heterocycles. The second kappa shape index (κ2) is 5.92. The number of carbonyl (C=O) groups excluding carboxylic acids is 1. The third kappa shape index (κ3) is 3.60. The van der Waals surface area contributed by atoms with E-state index in [1.54, 1.807) is 18.2 Å². The minimum Gasteiger partial charge on any atom is -0.489 e. The van der Waals surface area contributed by atoms with E-state index in [0.29, 0.717) is 17.9 Å². The van der Waals surface area contributed by atoms with Crippen molar-refractivity contribution in [2.24, 2.45) is 5.73 Å². The van der Waals surface area contributed by atoms with Crippen molar-refractivity contribution in [3.05, 3.63) is 57.2 Å². The molecule has 4 N–H and O–H groups in total. The third-order valence-corrected chi connectivity index (χ3v) is 3.29. The van der Waals surface area contributed by atoms with E-state index in [1.165, 1.54) is 0 Å². The van der Waals surface area contributed by atoms with Crippen LogP contribution in [0.4, 0.5) is 5.69 Å². The van der Waals surface area contributed by atoms with Gasteiger partial charge in [-0.1, -0.05) is 12.1 Å². The van der Waals surface area contributed by atoms with Crippen LogP contribution in [0.25, 0.3) is 0 Å². The Morgan fingerprint density at radius 3 is 2.63 bits per heavy atom. The number of nitrogen functional groups attached to an aromatic ring is 1. The predicted molar refractivity (Wildman–Crippen MR) is 82.9 cm³/mol. The fraction of sp³-hybridized carbons (Fsp3) is 0.0714. The Morgan fingerprint density at radius 2 is 2.00 bits per heavy atom. The van der Waals surface area contributed by atoms with E-state index >= 15 is 0 Å². The van der Waals surface area contributed by atoms with Gasteiger partial charge < -0.3 is 16.2 Å². The van der Waals surface area contributed by atoms with E-state index in [-0.39, 0.29) is 0 Å². The van der Waals surface area contributed by atoms with Gasteiger partial charge in [0.15, 0.2) is 0 Å². The molecule has 0 spiro atoms. The lowest BCUT2D eigenvalue weighted by Gasteiger charge is -2.09. The maximum atomic E-state index is 11.0. The summed E-state index contributed by atoms with van der Waals surface area (Å²) in [7, 11) is 0. The summed E-state index contributed by atoms with van der Waals surface area (Å²) in [5.74, 6) is 0.294. The summed E-state index contributed by atoms with van der Waals surface area (Å²) >= 11 is 2.22. The number of amides is 1. The molecule has 0 radical (unpaired) electrons. The molecule has 0 heterocycles. The summed E-state index contributed by atoms with van der Waals surface area (Å²) in [4.78, 5) is 11.0. The summed E-state index contributed by atoms with van der Waals surface area (Å²) in [5.41, 5.74) is 12.8. The first-order chi connectivity index (χ1) is 9.06. The summed E-state index contributed by atoms with van der Waals surface area (Å²) in [6, 6.07) is 12.7. The topological polar surface area (TPSA) is 78.3 Å². The number of hydrogen-bond donors (Lipinski definition) is 2. The van der Waals surface area contributed by atoms with Gasteiger partial charge in [-0.25, -0.2) is 0 Å².